The first kappa shape index (κ1) is 11.4. The highest BCUT2D eigenvalue weighted by molar-refractivity contribution is 14.1. The van der Waals surface area contributed by atoms with E-state index in [0.717, 1.165) is 11.5 Å². The van der Waals surface area contributed by atoms with Crippen molar-refractivity contribution in [2.24, 2.45) is 7.05 Å². The lowest BCUT2D eigenvalue weighted by molar-refractivity contribution is 0.722. The number of hydrogen-bond acceptors (Lipinski definition) is 2. The van der Waals surface area contributed by atoms with Gasteiger partial charge in [0.2, 0.25) is 0 Å². The smallest absolute Gasteiger partial charge is 0.130 e. The molecular formula is C12H14IN3. The van der Waals surface area contributed by atoms with Gasteiger partial charge >= 0.3 is 0 Å². The second-order valence-electron chi connectivity index (χ2n) is 3.77. The van der Waals surface area contributed by atoms with Gasteiger partial charge in [0, 0.05) is 28.7 Å². The summed E-state index contributed by atoms with van der Waals surface area (Å²) in [7, 11) is 2.01. The van der Waals surface area contributed by atoms with Crippen LogP contribution < -0.4 is 5.32 Å². The van der Waals surface area contributed by atoms with Crippen LogP contribution in [-0.2, 0) is 7.05 Å². The molecule has 0 radical (unpaired) electrons. The lowest BCUT2D eigenvalue weighted by atomic mass is 10.2. The largest absolute Gasteiger partial charge is 0.375 e. The topological polar surface area (TPSA) is 29.9 Å². The predicted molar refractivity (Wildman–Crippen MR) is 74.4 cm³/mol. The fourth-order valence-corrected chi connectivity index (χ4v) is 2.01. The third-order valence-electron chi connectivity index (χ3n) is 2.47. The monoisotopic (exact) mass is 327 g/mol. The number of hydrogen-bond donors (Lipinski definition) is 1. The zero-order valence-corrected chi connectivity index (χ0v) is 11.5. The number of anilines is 1. The molecule has 2 rings (SSSR count). The van der Waals surface area contributed by atoms with Crippen molar-refractivity contribution >= 4 is 28.3 Å². The Hall–Kier alpha value is -1.04. The molecule has 4 heteroatoms. The number of aromatic nitrogens is 2. The van der Waals surface area contributed by atoms with Gasteiger partial charge in [0.15, 0.2) is 0 Å². The van der Waals surface area contributed by atoms with Crippen LogP contribution in [0.3, 0.4) is 0 Å². The maximum absolute atomic E-state index is 4.33. The first-order valence-electron chi connectivity index (χ1n) is 5.16. The van der Waals surface area contributed by atoms with Crippen molar-refractivity contribution in [3.8, 4) is 0 Å². The highest BCUT2D eigenvalue weighted by atomic mass is 127. The molecule has 0 aliphatic heterocycles. The molecule has 0 spiro atoms. The second-order valence-corrected chi connectivity index (χ2v) is 5.01. The van der Waals surface area contributed by atoms with Gasteiger partial charge in [-0.05, 0) is 53.8 Å². The molecule has 0 saturated heterocycles. The van der Waals surface area contributed by atoms with Crippen LogP contribution in [0.4, 0.5) is 5.69 Å². The third kappa shape index (κ3) is 2.55. The van der Waals surface area contributed by atoms with E-state index in [1.165, 1.54) is 3.57 Å². The fourth-order valence-electron chi connectivity index (χ4n) is 1.66. The van der Waals surface area contributed by atoms with E-state index in [1.807, 2.05) is 24.0 Å². The van der Waals surface area contributed by atoms with Gasteiger partial charge < -0.3 is 9.88 Å². The Bertz CT molecular complexity index is 461. The van der Waals surface area contributed by atoms with Crippen LogP contribution in [0, 0.1) is 3.57 Å². The molecule has 1 aromatic carbocycles. The van der Waals surface area contributed by atoms with Crippen molar-refractivity contribution in [2.45, 2.75) is 13.0 Å². The van der Waals surface area contributed by atoms with Crippen molar-refractivity contribution in [1.82, 2.24) is 9.55 Å². The van der Waals surface area contributed by atoms with Gasteiger partial charge in [-0.3, -0.25) is 0 Å². The summed E-state index contributed by atoms with van der Waals surface area (Å²) in [4.78, 5) is 4.33. The Kier molecular flexibility index (Phi) is 3.48. The van der Waals surface area contributed by atoms with E-state index in [1.54, 1.807) is 0 Å². The van der Waals surface area contributed by atoms with Gasteiger partial charge in [-0.15, -0.1) is 0 Å². The molecule has 2 aromatic rings. The Morgan fingerprint density at radius 1 is 1.31 bits per heavy atom. The summed E-state index contributed by atoms with van der Waals surface area (Å²) in [6.45, 7) is 2.11. The first-order chi connectivity index (χ1) is 7.66. The van der Waals surface area contributed by atoms with E-state index >= 15 is 0 Å². The van der Waals surface area contributed by atoms with Gasteiger partial charge in [0.1, 0.15) is 5.82 Å². The molecule has 0 bridgehead atoms. The lowest BCUT2D eigenvalue weighted by Gasteiger charge is -2.15. The molecule has 16 heavy (non-hydrogen) atoms. The molecule has 1 N–H and O–H groups in total. The summed E-state index contributed by atoms with van der Waals surface area (Å²) < 4.78 is 3.28. The molecule has 1 heterocycles. The van der Waals surface area contributed by atoms with Gasteiger partial charge in [-0.1, -0.05) is 0 Å². The lowest BCUT2D eigenvalue weighted by Crippen LogP contribution is -2.11. The standard InChI is InChI=1S/C12H14IN3/c1-9(12-14-7-8-16(12)2)15-11-5-3-10(13)4-6-11/h3-9,15H,1-2H3. The number of halogens is 1. The van der Waals surface area contributed by atoms with Crippen LogP contribution in [0.2, 0.25) is 0 Å². The summed E-state index contributed by atoms with van der Waals surface area (Å²) in [6.07, 6.45) is 3.78. The number of nitrogens with zero attached hydrogens (tertiary/aromatic N) is 2. The van der Waals surface area contributed by atoms with Crippen molar-refractivity contribution in [1.29, 1.82) is 0 Å². The van der Waals surface area contributed by atoms with Crippen LogP contribution in [0.1, 0.15) is 18.8 Å². The average Bonchev–Trinajstić information content (AvgIpc) is 2.68. The Labute approximate surface area is 109 Å². The summed E-state index contributed by atoms with van der Waals surface area (Å²) in [5.41, 5.74) is 1.12. The van der Waals surface area contributed by atoms with Crippen LogP contribution in [-0.4, -0.2) is 9.55 Å². The van der Waals surface area contributed by atoms with Crippen LogP contribution in [0.5, 0.6) is 0 Å². The molecule has 84 valence electrons. The van der Waals surface area contributed by atoms with E-state index in [0.29, 0.717) is 0 Å². The number of aryl methyl sites for hydroxylation is 1. The molecule has 0 saturated carbocycles. The fraction of sp³-hybridized carbons (Fsp3) is 0.250. The Morgan fingerprint density at radius 2 is 2.00 bits per heavy atom. The Balaban J connectivity index is 2.10. The summed E-state index contributed by atoms with van der Waals surface area (Å²) in [5.74, 6) is 1.04. The predicted octanol–water partition coefficient (Wildman–Crippen LogP) is 3.20. The summed E-state index contributed by atoms with van der Waals surface area (Å²) >= 11 is 2.30. The van der Waals surface area contributed by atoms with E-state index in [-0.39, 0.29) is 6.04 Å². The number of nitrogens with one attached hydrogen (secondary N) is 1. The highest BCUT2D eigenvalue weighted by Crippen LogP contribution is 2.18. The first-order valence-corrected chi connectivity index (χ1v) is 6.24. The molecular weight excluding hydrogens is 313 g/mol. The minimum Gasteiger partial charge on any atom is -0.375 e. The van der Waals surface area contributed by atoms with Gasteiger partial charge in [-0.25, -0.2) is 4.98 Å². The molecule has 1 unspecified atom stereocenters. The molecule has 0 fully saturated rings. The quantitative estimate of drug-likeness (QED) is 0.878. The summed E-state index contributed by atoms with van der Waals surface area (Å²) in [5, 5.41) is 3.43. The Morgan fingerprint density at radius 3 is 2.56 bits per heavy atom. The number of rotatable bonds is 3. The normalized spacial score (nSPS) is 12.4. The molecule has 0 amide bonds. The SMILES string of the molecule is CC(Nc1ccc(I)cc1)c1nccn1C. The second kappa shape index (κ2) is 4.86. The van der Waals surface area contributed by atoms with E-state index < -0.39 is 0 Å². The van der Waals surface area contributed by atoms with Crippen LogP contribution in [0.25, 0.3) is 0 Å². The maximum Gasteiger partial charge on any atom is 0.130 e. The number of imidazole rings is 1. The molecule has 3 nitrogen and oxygen atoms in total. The molecule has 1 atom stereocenters. The molecule has 1 aromatic heterocycles. The average molecular weight is 327 g/mol. The molecule has 0 aliphatic rings. The van der Waals surface area contributed by atoms with Gasteiger partial charge in [-0.2, -0.15) is 0 Å². The zero-order valence-electron chi connectivity index (χ0n) is 9.31. The minimum atomic E-state index is 0.208. The highest BCUT2D eigenvalue weighted by Gasteiger charge is 2.09. The van der Waals surface area contributed by atoms with Crippen LogP contribution in [0.15, 0.2) is 36.7 Å². The van der Waals surface area contributed by atoms with E-state index in [4.69, 9.17) is 0 Å². The van der Waals surface area contributed by atoms with Gasteiger partial charge in [0.05, 0.1) is 6.04 Å². The van der Waals surface area contributed by atoms with Crippen molar-refractivity contribution < 1.29 is 0 Å². The van der Waals surface area contributed by atoms with E-state index in [2.05, 4.69) is 64.1 Å². The van der Waals surface area contributed by atoms with Gasteiger partial charge in [0.25, 0.3) is 0 Å². The number of benzene rings is 1. The third-order valence-corrected chi connectivity index (χ3v) is 3.19. The zero-order chi connectivity index (χ0) is 11.5. The van der Waals surface area contributed by atoms with Crippen molar-refractivity contribution in [2.75, 3.05) is 5.32 Å². The van der Waals surface area contributed by atoms with Crippen molar-refractivity contribution in [3.05, 3.63) is 46.1 Å². The molecule has 0 aliphatic carbocycles. The minimum absolute atomic E-state index is 0.208. The van der Waals surface area contributed by atoms with E-state index in [9.17, 15) is 0 Å². The summed E-state index contributed by atoms with van der Waals surface area (Å²) in [6, 6.07) is 8.56. The van der Waals surface area contributed by atoms with Crippen LogP contribution >= 0.6 is 22.6 Å². The maximum atomic E-state index is 4.33. The van der Waals surface area contributed by atoms with Crippen molar-refractivity contribution in [3.63, 3.8) is 0 Å².